The van der Waals surface area contributed by atoms with E-state index in [4.69, 9.17) is 21.1 Å². The van der Waals surface area contributed by atoms with E-state index in [-0.39, 0.29) is 0 Å². The fourth-order valence-electron chi connectivity index (χ4n) is 3.31. The van der Waals surface area contributed by atoms with Crippen molar-refractivity contribution >= 4 is 49.3 Å². The molecule has 0 saturated heterocycles. The van der Waals surface area contributed by atoms with E-state index in [0.29, 0.717) is 5.02 Å². The van der Waals surface area contributed by atoms with Crippen LogP contribution in [0.5, 0.6) is 0 Å². The minimum absolute atomic E-state index is 0.689. The molecule has 3 aromatic carbocycles. The van der Waals surface area contributed by atoms with Crippen LogP contribution in [0.1, 0.15) is 12.5 Å². The highest BCUT2D eigenvalue weighted by atomic mass is 35.5. The molecule has 0 radical (unpaired) electrons. The van der Waals surface area contributed by atoms with Crippen molar-refractivity contribution in [2.75, 3.05) is 5.43 Å². The Morgan fingerprint density at radius 2 is 1.87 bits per heavy atom. The van der Waals surface area contributed by atoms with Gasteiger partial charge in [0, 0.05) is 22.0 Å². The molecule has 0 aliphatic rings. The van der Waals surface area contributed by atoms with Gasteiger partial charge in [-0.2, -0.15) is 5.10 Å². The molecule has 0 amide bonds. The molecule has 0 bridgehead atoms. The van der Waals surface area contributed by atoms with Gasteiger partial charge in [-0.3, -0.25) is 5.43 Å². The van der Waals surface area contributed by atoms with E-state index in [2.05, 4.69) is 35.5 Å². The Morgan fingerprint density at radius 1 is 1.03 bits per heavy atom. The molecule has 5 aromatic rings. The molecule has 30 heavy (non-hydrogen) atoms. The van der Waals surface area contributed by atoms with Crippen LogP contribution in [0.2, 0.25) is 5.02 Å². The predicted octanol–water partition coefficient (Wildman–Crippen LogP) is 6.85. The standard InChI is InChI=1S/C24H18ClN3OS/c1-2-15-7-12-21-18(13-15)20(14-22(29-21)16-8-10-17(25)11-9-16)27-28-24-26-19-5-3-4-6-23(19)30-24/h3-14H,2H2,1H3,(H,26,28)/b27-20+. The fourth-order valence-corrected chi connectivity index (χ4v) is 4.25. The molecule has 2 aromatic heterocycles. The van der Waals surface area contributed by atoms with Crippen molar-refractivity contribution in [3.8, 4) is 11.3 Å². The van der Waals surface area contributed by atoms with Gasteiger partial charge in [-0.05, 0) is 60.5 Å². The van der Waals surface area contributed by atoms with Gasteiger partial charge in [0.05, 0.1) is 15.6 Å². The van der Waals surface area contributed by atoms with Crippen LogP contribution < -0.4 is 10.8 Å². The van der Waals surface area contributed by atoms with Crippen LogP contribution in [0, 0.1) is 0 Å². The SMILES string of the molecule is CCc1ccc2oc(-c3ccc(Cl)cc3)c/c(=N\Nc3nc4ccccc4s3)c2c1. The average Bonchev–Trinajstić information content (AvgIpc) is 3.20. The van der Waals surface area contributed by atoms with Gasteiger partial charge in [-0.25, -0.2) is 4.98 Å². The molecule has 0 atom stereocenters. The maximum atomic E-state index is 6.18. The molecule has 0 aliphatic carbocycles. The first-order valence-electron chi connectivity index (χ1n) is 9.67. The number of fused-ring (bicyclic) bond motifs is 2. The first kappa shape index (κ1) is 18.9. The molecule has 0 unspecified atom stereocenters. The second-order valence-electron chi connectivity index (χ2n) is 6.90. The lowest BCUT2D eigenvalue weighted by molar-refractivity contribution is 0.618. The zero-order chi connectivity index (χ0) is 20.5. The lowest BCUT2D eigenvalue weighted by Crippen LogP contribution is -2.07. The zero-order valence-electron chi connectivity index (χ0n) is 16.2. The Labute approximate surface area is 182 Å². The van der Waals surface area contributed by atoms with Gasteiger partial charge < -0.3 is 4.42 Å². The monoisotopic (exact) mass is 431 g/mol. The third-order valence-corrected chi connectivity index (χ3v) is 6.10. The second-order valence-corrected chi connectivity index (χ2v) is 8.36. The largest absolute Gasteiger partial charge is 0.456 e. The number of hydrogen-bond donors (Lipinski definition) is 1. The number of anilines is 1. The van der Waals surface area contributed by atoms with Crippen molar-refractivity contribution in [3.05, 3.63) is 88.7 Å². The zero-order valence-corrected chi connectivity index (χ0v) is 17.8. The fraction of sp³-hybridized carbons (Fsp3) is 0.0833. The molecular weight excluding hydrogens is 414 g/mol. The number of halogens is 1. The minimum Gasteiger partial charge on any atom is -0.456 e. The summed E-state index contributed by atoms with van der Waals surface area (Å²) in [5.74, 6) is 0.730. The summed E-state index contributed by atoms with van der Waals surface area (Å²) in [6, 6.07) is 23.8. The maximum Gasteiger partial charge on any atom is 0.204 e. The number of nitrogens with zero attached hydrogens (tertiary/aromatic N) is 2. The number of nitrogens with one attached hydrogen (secondary N) is 1. The quantitative estimate of drug-likeness (QED) is 0.316. The van der Waals surface area contributed by atoms with Crippen LogP contribution in [0.4, 0.5) is 5.13 Å². The summed E-state index contributed by atoms with van der Waals surface area (Å²) < 4.78 is 7.31. The van der Waals surface area contributed by atoms with Gasteiger partial charge in [0.15, 0.2) is 0 Å². The topological polar surface area (TPSA) is 50.4 Å². The number of rotatable bonds is 4. The van der Waals surface area contributed by atoms with Gasteiger partial charge in [-0.1, -0.05) is 48.1 Å². The summed E-state index contributed by atoms with van der Waals surface area (Å²) >= 11 is 7.62. The number of para-hydroxylation sites is 1. The van der Waals surface area contributed by atoms with Gasteiger partial charge >= 0.3 is 0 Å². The number of aromatic nitrogens is 1. The highest BCUT2D eigenvalue weighted by Crippen LogP contribution is 2.26. The van der Waals surface area contributed by atoms with E-state index >= 15 is 0 Å². The van der Waals surface area contributed by atoms with Crippen molar-refractivity contribution in [1.29, 1.82) is 0 Å². The van der Waals surface area contributed by atoms with Gasteiger partial charge in [0.1, 0.15) is 11.3 Å². The molecule has 148 valence electrons. The van der Waals surface area contributed by atoms with Crippen molar-refractivity contribution in [2.24, 2.45) is 5.10 Å². The Hall–Kier alpha value is -3.15. The summed E-state index contributed by atoms with van der Waals surface area (Å²) in [6.07, 6.45) is 0.944. The lowest BCUT2D eigenvalue weighted by atomic mass is 10.1. The number of benzene rings is 3. The van der Waals surface area contributed by atoms with E-state index in [0.717, 1.165) is 49.4 Å². The van der Waals surface area contributed by atoms with Crippen LogP contribution in [0.25, 0.3) is 32.5 Å². The Morgan fingerprint density at radius 3 is 2.67 bits per heavy atom. The molecule has 0 spiro atoms. The summed E-state index contributed by atoms with van der Waals surface area (Å²) in [4.78, 5) is 4.61. The smallest absolute Gasteiger partial charge is 0.204 e. The molecule has 1 N–H and O–H groups in total. The second kappa shape index (κ2) is 7.94. The summed E-state index contributed by atoms with van der Waals surface area (Å²) in [5, 5.41) is 7.90. The van der Waals surface area contributed by atoms with Crippen LogP contribution >= 0.6 is 22.9 Å². The molecule has 5 rings (SSSR count). The van der Waals surface area contributed by atoms with Crippen LogP contribution in [-0.2, 0) is 6.42 Å². The molecule has 0 aliphatic heterocycles. The molecule has 4 nitrogen and oxygen atoms in total. The van der Waals surface area contributed by atoms with Crippen molar-refractivity contribution in [1.82, 2.24) is 4.98 Å². The van der Waals surface area contributed by atoms with Crippen molar-refractivity contribution < 1.29 is 4.42 Å². The van der Waals surface area contributed by atoms with Gasteiger partial charge in [-0.15, -0.1) is 0 Å². The van der Waals surface area contributed by atoms with E-state index in [1.54, 1.807) is 11.3 Å². The van der Waals surface area contributed by atoms with E-state index in [1.807, 2.05) is 54.6 Å². The molecule has 0 saturated carbocycles. The highest BCUT2D eigenvalue weighted by molar-refractivity contribution is 7.22. The minimum atomic E-state index is 0.689. The number of hydrogen-bond acceptors (Lipinski definition) is 5. The van der Waals surface area contributed by atoms with Crippen molar-refractivity contribution in [3.63, 3.8) is 0 Å². The summed E-state index contributed by atoms with van der Waals surface area (Å²) in [5.41, 5.74) is 7.05. The van der Waals surface area contributed by atoms with E-state index in [1.165, 1.54) is 5.56 Å². The summed E-state index contributed by atoms with van der Waals surface area (Å²) in [7, 11) is 0. The van der Waals surface area contributed by atoms with E-state index < -0.39 is 0 Å². The normalized spacial score (nSPS) is 12.0. The number of aryl methyl sites for hydroxylation is 1. The Bertz CT molecular complexity index is 1390. The number of thiazole rings is 1. The van der Waals surface area contributed by atoms with Crippen molar-refractivity contribution in [2.45, 2.75) is 13.3 Å². The molecule has 0 fully saturated rings. The summed E-state index contributed by atoms with van der Waals surface area (Å²) in [6.45, 7) is 2.14. The molecule has 2 heterocycles. The Balaban J connectivity index is 1.65. The third-order valence-electron chi connectivity index (χ3n) is 4.91. The first-order valence-corrected chi connectivity index (χ1v) is 10.9. The lowest BCUT2D eigenvalue weighted by Gasteiger charge is -2.07. The predicted molar refractivity (Wildman–Crippen MR) is 125 cm³/mol. The average molecular weight is 432 g/mol. The van der Waals surface area contributed by atoms with Gasteiger partial charge in [0.2, 0.25) is 5.13 Å². The van der Waals surface area contributed by atoms with Crippen LogP contribution in [-0.4, -0.2) is 4.98 Å². The first-order chi connectivity index (χ1) is 14.7. The van der Waals surface area contributed by atoms with Crippen LogP contribution in [0.15, 0.2) is 82.3 Å². The maximum absolute atomic E-state index is 6.18. The third kappa shape index (κ3) is 3.70. The van der Waals surface area contributed by atoms with Crippen LogP contribution in [0.3, 0.4) is 0 Å². The van der Waals surface area contributed by atoms with Gasteiger partial charge in [0.25, 0.3) is 0 Å². The van der Waals surface area contributed by atoms with E-state index in [9.17, 15) is 0 Å². The molecule has 6 heteroatoms. The Kier molecular flexibility index (Phi) is 4.99. The molecular formula is C24H18ClN3OS. The highest BCUT2D eigenvalue weighted by Gasteiger charge is 2.08.